The van der Waals surface area contributed by atoms with E-state index in [0.29, 0.717) is 27.6 Å². The Morgan fingerprint density at radius 2 is 1.59 bits per heavy atom. The molecule has 0 aliphatic rings. The predicted octanol–water partition coefficient (Wildman–Crippen LogP) is 5.45. The van der Waals surface area contributed by atoms with Gasteiger partial charge in [-0.1, -0.05) is 35.9 Å². The van der Waals surface area contributed by atoms with Crippen molar-refractivity contribution < 1.29 is 13.2 Å². The van der Waals surface area contributed by atoms with Crippen LogP contribution in [-0.2, 0) is 9.84 Å². The van der Waals surface area contributed by atoms with Crippen LogP contribution in [0.15, 0.2) is 71.6 Å². The highest BCUT2D eigenvalue weighted by molar-refractivity contribution is 7.90. The molecule has 4 aromatic rings. The number of nitrogens with zero attached hydrogens (tertiary/aromatic N) is 2. The fraction of sp³-hybridized carbons (Fsp3) is 0.0909. The second kappa shape index (κ2) is 7.46. The highest BCUT2D eigenvalue weighted by Crippen LogP contribution is 2.30. The zero-order valence-electron chi connectivity index (χ0n) is 15.8. The summed E-state index contributed by atoms with van der Waals surface area (Å²) in [5.41, 5.74) is 3.70. The number of fused-ring (bicyclic) bond motifs is 1. The van der Waals surface area contributed by atoms with Crippen LogP contribution in [-0.4, -0.2) is 24.6 Å². The molecular formula is C22H17ClN2O3S. The van der Waals surface area contributed by atoms with Gasteiger partial charge in [0.25, 0.3) is 0 Å². The van der Waals surface area contributed by atoms with Gasteiger partial charge >= 0.3 is 0 Å². The van der Waals surface area contributed by atoms with Crippen LogP contribution in [0.2, 0.25) is 5.02 Å². The van der Waals surface area contributed by atoms with Crippen LogP contribution in [0, 0.1) is 6.92 Å². The van der Waals surface area contributed by atoms with Crippen LogP contribution in [0.3, 0.4) is 0 Å². The SMILES string of the molecule is Cc1nc2c(Cl)cccc2nc1-c1cccc(Oc2cccc(S(C)(=O)=O)c2)c1. The van der Waals surface area contributed by atoms with Crippen LogP contribution in [0.5, 0.6) is 11.5 Å². The molecule has 0 spiro atoms. The molecule has 0 saturated heterocycles. The first-order valence-electron chi connectivity index (χ1n) is 8.82. The molecule has 3 aromatic carbocycles. The van der Waals surface area contributed by atoms with E-state index in [1.54, 1.807) is 24.3 Å². The Morgan fingerprint density at radius 3 is 2.34 bits per heavy atom. The van der Waals surface area contributed by atoms with Crippen LogP contribution in [0.25, 0.3) is 22.3 Å². The third-order valence-corrected chi connectivity index (χ3v) is 5.81. The van der Waals surface area contributed by atoms with Gasteiger partial charge in [0, 0.05) is 11.8 Å². The van der Waals surface area contributed by atoms with E-state index in [0.717, 1.165) is 17.0 Å². The molecule has 1 aromatic heterocycles. The van der Waals surface area contributed by atoms with Gasteiger partial charge in [-0.15, -0.1) is 0 Å². The lowest BCUT2D eigenvalue weighted by Crippen LogP contribution is -1.97. The van der Waals surface area contributed by atoms with Crippen molar-refractivity contribution in [1.29, 1.82) is 0 Å². The molecule has 0 fully saturated rings. The topological polar surface area (TPSA) is 69.2 Å². The van der Waals surface area contributed by atoms with E-state index in [2.05, 4.69) is 4.98 Å². The Bertz CT molecular complexity index is 1340. The largest absolute Gasteiger partial charge is 0.457 e. The van der Waals surface area contributed by atoms with E-state index >= 15 is 0 Å². The summed E-state index contributed by atoms with van der Waals surface area (Å²) in [6, 6.07) is 19.3. The van der Waals surface area contributed by atoms with Crippen molar-refractivity contribution in [3.63, 3.8) is 0 Å². The van der Waals surface area contributed by atoms with Crippen molar-refractivity contribution in [3.8, 4) is 22.8 Å². The number of aryl methyl sites for hydroxylation is 1. The minimum absolute atomic E-state index is 0.208. The molecule has 1 heterocycles. The van der Waals surface area contributed by atoms with Gasteiger partial charge < -0.3 is 4.74 Å². The molecule has 4 rings (SSSR count). The molecule has 0 aliphatic carbocycles. The summed E-state index contributed by atoms with van der Waals surface area (Å²) in [5.74, 6) is 1.01. The number of halogens is 1. The Kier molecular flexibility index (Phi) is 4.98. The average Bonchev–Trinajstić information content (AvgIpc) is 2.68. The fourth-order valence-corrected chi connectivity index (χ4v) is 3.88. The van der Waals surface area contributed by atoms with Crippen LogP contribution < -0.4 is 4.74 Å². The second-order valence-corrected chi connectivity index (χ2v) is 9.07. The van der Waals surface area contributed by atoms with Gasteiger partial charge in [-0.3, -0.25) is 0 Å². The third kappa shape index (κ3) is 4.09. The molecule has 0 bridgehead atoms. The van der Waals surface area contributed by atoms with Crippen molar-refractivity contribution in [2.75, 3.05) is 6.26 Å². The number of rotatable bonds is 4. The first-order valence-corrected chi connectivity index (χ1v) is 11.1. The highest BCUT2D eigenvalue weighted by atomic mass is 35.5. The zero-order valence-corrected chi connectivity index (χ0v) is 17.3. The smallest absolute Gasteiger partial charge is 0.175 e. The number of hydrogen-bond acceptors (Lipinski definition) is 5. The number of ether oxygens (including phenoxy) is 1. The van der Waals surface area contributed by atoms with Gasteiger partial charge in [0.05, 0.1) is 26.8 Å². The first kappa shape index (κ1) is 19.4. The van der Waals surface area contributed by atoms with E-state index in [1.807, 2.05) is 37.3 Å². The zero-order chi connectivity index (χ0) is 20.6. The van der Waals surface area contributed by atoms with Crippen molar-refractivity contribution in [3.05, 3.63) is 77.4 Å². The maximum atomic E-state index is 11.8. The molecule has 0 atom stereocenters. The fourth-order valence-electron chi connectivity index (χ4n) is 3.01. The summed E-state index contributed by atoms with van der Waals surface area (Å²) >= 11 is 6.22. The standard InChI is InChI=1S/C22H17ClN2O3S/c1-14-21(25-20-11-5-10-19(23)22(20)24-14)15-6-3-7-16(12-15)28-17-8-4-9-18(13-17)29(2,26)27/h3-13H,1-2H3. The molecule has 0 saturated carbocycles. The summed E-state index contributed by atoms with van der Waals surface area (Å²) in [4.78, 5) is 9.53. The average molecular weight is 425 g/mol. The number of hydrogen-bond donors (Lipinski definition) is 0. The molecule has 0 radical (unpaired) electrons. The molecule has 0 unspecified atom stereocenters. The summed E-state index contributed by atoms with van der Waals surface area (Å²) in [7, 11) is -3.31. The van der Waals surface area contributed by atoms with Gasteiger partial charge in [-0.2, -0.15) is 0 Å². The summed E-state index contributed by atoms with van der Waals surface area (Å²) in [6.07, 6.45) is 1.17. The maximum absolute atomic E-state index is 11.8. The van der Waals surface area contributed by atoms with Gasteiger partial charge in [-0.25, -0.2) is 18.4 Å². The number of benzene rings is 3. The lowest BCUT2D eigenvalue weighted by Gasteiger charge is -2.11. The lowest BCUT2D eigenvalue weighted by molar-refractivity contribution is 0.481. The monoisotopic (exact) mass is 424 g/mol. The predicted molar refractivity (Wildman–Crippen MR) is 114 cm³/mol. The lowest BCUT2D eigenvalue weighted by atomic mass is 10.1. The van der Waals surface area contributed by atoms with Crippen molar-refractivity contribution in [2.24, 2.45) is 0 Å². The summed E-state index contributed by atoms with van der Waals surface area (Å²) in [6.45, 7) is 1.88. The minimum Gasteiger partial charge on any atom is -0.457 e. The van der Waals surface area contributed by atoms with Crippen LogP contribution in [0.1, 0.15) is 5.69 Å². The number of aromatic nitrogens is 2. The quantitative estimate of drug-likeness (QED) is 0.435. The van der Waals surface area contributed by atoms with E-state index in [9.17, 15) is 8.42 Å². The van der Waals surface area contributed by atoms with E-state index in [-0.39, 0.29) is 4.90 Å². The van der Waals surface area contributed by atoms with Gasteiger partial charge in [-0.05, 0) is 49.4 Å². The van der Waals surface area contributed by atoms with Crippen molar-refractivity contribution in [1.82, 2.24) is 9.97 Å². The van der Waals surface area contributed by atoms with Crippen molar-refractivity contribution in [2.45, 2.75) is 11.8 Å². The minimum atomic E-state index is -3.31. The normalized spacial score (nSPS) is 11.6. The number of sulfone groups is 1. The van der Waals surface area contributed by atoms with Gasteiger partial charge in [0.2, 0.25) is 0 Å². The Labute approximate surface area is 173 Å². The molecule has 7 heteroatoms. The highest BCUT2D eigenvalue weighted by Gasteiger charge is 2.12. The first-order chi connectivity index (χ1) is 13.8. The van der Waals surface area contributed by atoms with Gasteiger partial charge in [0.15, 0.2) is 9.84 Å². The molecule has 29 heavy (non-hydrogen) atoms. The van der Waals surface area contributed by atoms with E-state index in [1.165, 1.54) is 18.4 Å². The van der Waals surface area contributed by atoms with E-state index < -0.39 is 9.84 Å². The Morgan fingerprint density at radius 1 is 0.897 bits per heavy atom. The Hall–Kier alpha value is -2.96. The molecule has 5 nitrogen and oxygen atoms in total. The molecule has 0 N–H and O–H groups in total. The maximum Gasteiger partial charge on any atom is 0.175 e. The van der Waals surface area contributed by atoms with E-state index in [4.69, 9.17) is 21.3 Å². The Balaban J connectivity index is 1.72. The van der Waals surface area contributed by atoms with Crippen molar-refractivity contribution >= 4 is 32.5 Å². The summed E-state index contributed by atoms with van der Waals surface area (Å²) < 4.78 is 29.4. The third-order valence-electron chi connectivity index (χ3n) is 4.40. The second-order valence-electron chi connectivity index (χ2n) is 6.64. The molecule has 0 aliphatic heterocycles. The number of para-hydroxylation sites is 1. The van der Waals surface area contributed by atoms with Crippen LogP contribution in [0.4, 0.5) is 0 Å². The van der Waals surface area contributed by atoms with Gasteiger partial charge in [0.1, 0.15) is 17.0 Å². The molecule has 146 valence electrons. The van der Waals surface area contributed by atoms with Crippen LogP contribution >= 0.6 is 11.6 Å². The molecule has 0 amide bonds. The molecular weight excluding hydrogens is 408 g/mol. The summed E-state index contributed by atoms with van der Waals surface area (Å²) in [5, 5.41) is 0.562.